The van der Waals surface area contributed by atoms with Crippen LogP contribution in [0.4, 0.5) is 11.6 Å². The van der Waals surface area contributed by atoms with E-state index in [0.29, 0.717) is 31.8 Å². The van der Waals surface area contributed by atoms with Crippen LogP contribution in [-0.4, -0.2) is 52.9 Å². The van der Waals surface area contributed by atoms with Gasteiger partial charge in [0.2, 0.25) is 17.8 Å². The molecule has 0 atom stereocenters. The first-order valence-electron chi connectivity index (χ1n) is 10.9. The molecule has 7 heteroatoms. The van der Waals surface area contributed by atoms with Gasteiger partial charge in [-0.25, -0.2) is 9.97 Å². The molecule has 0 radical (unpaired) electrons. The van der Waals surface area contributed by atoms with Gasteiger partial charge < -0.3 is 15.1 Å². The van der Waals surface area contributed by atoms with Gasteiger partial charge >= 0.3 is 0 Å². The van der Waals surface area contributed by atoms with Crippen LogP contribution in [-0.2, 0) is 16.0 Å². The summed E-state index contributed by atoms with van der Waals surface area (Å²) in [5, 5.41) is 2.98. The Morgan fingerprint density at radius 1 is 0.967 bits per heavy atom. The maximum Gasteiger partial charge on any atom is 0.227 e. The largest absolute Gasteiger partial charge is 0.339 e. The third kappa shape index (κ3) is 5.34. The van der Waals surface area contributed by atoms with Gasteiger partial charge in [0.05, 0.1) is 6.42 Å². The predicted octanol–water partition coefficient (Wildman–Crippen LogP) is 2.89. The number of nitrogens with one attached hydrogen (secondary N) is 1. The Morgan fingerprint density at radius 2 is 1.63 bits per heavy atom. The second-order valence-electron chi connectivity index (χ2n) is 8.19. The standard InChI is InChI=1S/C23H29N5O2/c29-21(16-18-4-1-2-5-18)26-20-8-6-19(7-9-20)17-22(30)27-12-14-28(15-13-27)23-24-10-3-11-25-23/h3,6-11,18H,1-2,4-5,12-17H2,(H,26,29). The molecule has 1 aromatic carbocycles. The molecule has 2 amide bonds. The summed E-state index contributed by atoms with van der Waals surface area (Å²) in [7, 11) is 0. The molecule has 0 spiro atoms. The minimum absolute atomic E-state index is 0.0889. The van der Waals surface area contributed by atoms with E-state index in [1.54, 1.807) is 18.5 Å². The lowest BCUT2D eigenvalue weighted by molar-refractivity contribution is -0.130. The van der Waals surface area contributed by atoms with Crippen molar-refractivity contribution < 1.29 is 9.59 Å². The van der Waals surface area contributed by atoms with Gasteiger partial charge in [0.1, 0.15) is 0 Å². The molecule has 1 aliphatic heterocycles. The van der Waals surface area contributed by atoms with Gasteiger partial charge in [0, 0.05) is 50.7 Å². The molecule has 1 saturated carbocycles. The Labute approximate surface area is 177 Å². The fourth-order valence-electron chi connectivity index (χ4n) is 4.29. The summed E-state index contributed by atoms with van der Waals surface area (Å²) in [5.41, 5.74) is 1.76. The number of amides is 2. The van der Waals surface area contributed by atoms with Crippen LogP contribution in [0, 0.1) is 5.92 Å². The van der Waals surface area contributed by atoms with Gasteiger partial charge in [-0.2, -0.15) is 0 Å². The van der Waals surface area contributed by atoms with Crippen LogP contribution in [0.15, 0.2) is 42.7 Å². The lowest BCUT2D eigenvalue weighted by Crippen LogP contribution is -2.49. The Morgan fingerprint density at radius 3 is 2.30 bits per heavy atom. The Bertz CT molecular complexity index is 842. The minimum Gasteiger partial charge on any atom is -0.339 e. The number of piperazine rings is 1. The summed E-state index contributed by atoms with van der Waals surface area (Å²) < 4.78 is 0. The summed E-state index contributed by atoms with van der Waals surface area (Å²) in [6, 6.07) is 9.43. The number of benzene rings is 1. The summed E-state index contributed by atoms with van der Waals surface area (Å²) in [4.78, 5) is 37.4. The van der Waals surface area contributed by atoms with Crippen LogP contribution in [0.5, 0.6) is 0 Å². The second-order valence-corrected chi connectivity index (χ2v) is 8.19. The molecule has 1 N–H and O–H groups in total. The average molecular weight is 408 g/mol. The van der Waals surface area contributed by atoms with E-state index < -0.39 is 0 Å². The minimum atomic E-state index is 0.0889. The Balaban J connectivity index is 1.23. The number of carbonyl (C=O) groups excluding carboxylic acids is 2. The van der Waals surface area contributed by atoms with E-state index in [-0.39, 0.29) is 11.8 Å². The van der Waals surface area contributed by atoms with Gasteiger partial charge in [-0.3, -0.25) is 9.59 Å². The van der Waals surface area contributed by atoms with Crippen molar-refractivity contribution in [3.63, 3.8) is 0 Å². The molecule has 2 aromatic rings. The summed E-state index contributed by atoms with van der Waals surface area (Å²) >= 11 is 0. The second kappa shape index (κ2) is 9.69. The number of anilines is 2. The molecule has 4 rings (SSSR count). The molecule has 30 heavy (non-hydrogen) atoms. The van der Waals surface area contributed by atoms with E-state index in [9.17, 15) is 9.59 Å². The zero-order valence-electron chi connectivity index (χ0n) is 17.3. The van der Waals surface area contributed by atoms with E-state index in [0.717, 1.165) is 30.3 Å². The van der Waals surface area contributed by atoms with Crippen LogP contribution in [0.3, 0.4) is 0 Å². The first-order chi connectivity index (χ1) is 14.7. The molecule has 1 aliphatic carbocycles. The average Bonchev–Trinajstić information content (AvgIpc) is 3.29. The molecule has 158 valence electrons. The lowest BCUT2D eigenvalue weighted by atomic mass is 10.0. The van der Waals surface area contributed by atoms with Crippen LogP contribution < -0.4 is 10.2 Å². The Kier molecular flexibility index (Phi) is 6.57. The lowest BCUT2D eigenvalue weighted by Gasteiger charge is -2.34. The third-order valence-corrected chi connectivity index (χ3v) is 6.01. The van der Waals surface area contributed by atoms with E-state index in [2.05, 4.69) is 20.2 Å². The van der Waals surface area contributed by atoms with E-state index in [4.69, 9.17) is 0 Å². The molecule has 2 heterocycles. The molecule has 1 aromatic heterocycles. The van der Waals surface area contributed by atoms with Crippen molar-refractivity contribution >= 4 is 23.5 Å². The van der Waals surface area contributed by atoms with Crippen molar-refractivity contribution in [2.75, 3.05) is 36.4 Å². The van der Waals surface area contributed by atoms with Gasteiger partial charge in [0.25, 0.3) is 0 Å². The van der Waals surface area contributed by atoms with Crippen molar-refractivity contribution in [1.82, 2.24) is 14.9 Å². The van der Waals surface area contributed by atoms with E-state index in [1.165, 1.54) is 25.7 Å². The molecule has 2 aliphatic rings. The van der Waals surface area contributed by atoms with Crippen LogP contribution in [0.25, 0.3) is 0 Å². The number of carbonyl (C=O) groups is 2. The molecule has 0 unspecified atom stereocenters. The van der Waals surface area contributed by atoms with Crippen molar-refractivity contribution in [1.29, 1.82) is 0 Å². The maximum atomic E-state index is 12.7. The van der Waals surface area contributed by atoms with Gasteiger partial charge in [-0.15, -0.1) is 0 Å². The van der Waals surface area contributed by atoms with E-state index in [1.807, 2.05) is 29.2 Å². The number of hydrogen-bond acceptors (Lipinski definition) is 5. The predicted molar refractivity (Wildman–Crippen MR) is 116 cm³/mol. The normalized spacial score (nSPS) is 17.2. The molecule has 2 fully saturated rings. The zero-order valence-corrected chi connectivity index (χ0v) is 17.3. The monoisotopic (exact) mass is 407 g/mol. The molecule has 1 saturated heterocycles. The van der Waals surface area contributed by atoms with Crippen molar-refractivity contribution in [3.05, 3.63) is 48.3 Å². The highest BCUT2D eigenvalue weighted by Gasteiger charge is 2.22. The highest BCUT2D eigenvalue weighted by Crippen LogP contribution is 2.27. The Hall–Kier alpha value is -2.96. The molecule has 7 nitrogen and oxygen atoms in total. The van der Waals surface area contributed by atoms with Crippen LogP contribution in [0.1, 0.15) is 37.7 Å². The highest BCUT2D eigenvalue weighted by molar-refractivity contribution is 5.91. The summed E-state index contributed by atoms with van der Waals surface area (Å²) in [6.07, 6.45) is 9.29. The third-order valence-electron chi connectivity index (χ3n) is 6.01. The smallest absolute Gasteiger partial charge is 0.227 e. The summed E-state index contributed by atoms with van der Waals surface area (Å²) in [6.45, 7) is 2.82. The van der Waals surface area contributed by atoms with Crippen LogP contribution >= 0.6 is 0 Å². The van der Waals surface area contributed by atoms with Crippen molar-refractivity contribution in [2.24, 2.45) is 5.92 Å². The SMILES string of the molecule is O=C(CC1CCCC1)Nc1ccc(CC(=O)N2CCN(c3ncccn3)CC2)cc1. The number of nitrogens with zero attached hydrogens (tertiary/aromatic N) is 4. The number of aromatic nitrogens is 2. The fraction of sp³-hybridized carbons (Fsp3) is 0.478. The van der Waals surface area contributed by atoms with Crippen molar-refractivity contribution in [2.45, 2.75) is 38.5 Å². The summed E-state index contributed by atoms with van der Waals surface area (Å²) in [5.74, 6) is 1.47. The van der Waals surface area contributed by atoms with Gasteiger partial charge in [0.15, 0.2) is 0 Å². The quantitative estimate of drug-likeness (QED) is 0.797. The first kappa shape index (κ1) is 20.3. The van der Waals surface area contributed by atoms with Gasteiger partial charge in [-0.05, 0) is 42.5 Å². The molecular formula is C23H29N5O2. The van der Waals surface area contributed by atoms with Gasteiger partial charge in [-0.1, -0.05) is 25.0 Å². The highest BCUT2D eigenvalue weighted by atomic mass is 16.2. The molecular weight excluding hydrogens is 378 g/mol. The first-order valence-corrected chi connectivity index (χ1v) is 10.9. The molecule has 0 bridgehead atoms. The van der Waals surface area contributed by atoms with Crippen LogP contribution in [0.2, 0.25) is 0 Å². The van der Waals surface area contributed by atoms with E-state index >= 15 is 0 Å². The zero-order chi connectivity index (χ0) is 20.8. The fourth-order valence-corrected chi connectivity index (χ4v) is 4.29. The maximum absolute atomic E-state index is 12.7. The topological polar surface area (TPSA) is 78.4 Å². The van der Waals surface area contributed by atoms with Crippen molar-refractivity contribution in [3.8, 4) is 0 Å². The number of rotatable bonds is 6. The number of hydrogen-bond donors (Lipinski definition) is 1.